The molecule has 0 saturated heterocycles. The smallest absolute Gasteiger partial charge is 0.0726 e. The van der Waals surface area contributed by atoms with Gasteiger partial charge < -0.3 is 14.0 Å². The Morgan fingerprint density at radius 2 is 0.671 bits per heavy atom. The fraction of sp³-hybridized carbons (Fsp3) is 0.0137. The minimum atomic E-state index is -0.461. The summed E-state index contributed by atoms with van der Waals surface area (Å²) < 4.78 is 4.78. The van der Waals surface area contributed by atoms with E-state index >= 15 is 0 Å². The largest absolute Gasteiger partial charge is 0.310 e. The predicted octanol–water partition coefficient (Wildman–Crippen LogP) is 19.0. The molecule has 12 aromatic carbocycles. The summed E-state index contributed by atoms with van der Waals surface area (Å²) >= 11 is 0. The number of aromatic nitrogens is 2. The van der Waals surface area contributed by atoms with Crippen LogP contribution in [0.1, 0.15) is 22.3 Å². The van der Waals surface area contributed by atoms with E-state index in [9.17, 15) is 0 Å². The summed E-state index contributed by atoms with van der Waals surface area (Å²) in [5.41, 5.74) is 25.2. The topological polar surface area (TPSA) is 13.1 Å². The molecule has 3 nitrogen and oxygen atoms in total. The minimum Gasteiger partial charge on any atom is -0.310 e. The van der Waals surface area contributed by atoms with Crippen molar-refractivity contribution in [3.63, 3.8) is 0 Å². The lowest BCUT2D eigenvalue weighted by Crippen LogP contribution is -2.26. The number of anilines is 3. The maximum absolute atomic E-state index is 2.49. The predicted molar refractivity (Wildman–Crippen MR) is 317 cm³/mol. The molecular weight excluding hydrogens is 919 g/mol. The van der Waals surface area contributed by atoms with Crippen molar-refractivity contribution in [2.24, 2.45) is 0 Å². The van der Waals surface area contributed by atoms with E-state index in [1.54, 1.807) is 0 Å². The molecule has 16 rings (SSSR count). The molecule has 3 heteroatoms. The zero-order chi connectivity index (χ0) is 49.9. The number of hydrogen-bond donors (Lipinski definition) is 0. The standard InChI is InChI=1S/C73H47N3/c1-2-18-51(19-3-1)76-68-33-15-9-25-61(68)71-55(26-16-34-69(71)76)50-40-46-53(47-41-50)74(52-42-36-48(37-43-52)49-38-44-54(45-39-49)75-66-31-13-7-22-58(66)59-23-8-14-32-67(59)75)70-35-17-30-65-72(70)60-24-6-12-29-64(60)73(65)62-27-10-4-20-56(62)57-21-5-11-28-63(57)73/h1-47H. The second-order valence-electron chi connectivity index (χ2n) is 20.3. The van der Waals surface area contributed by atoms with Crippen molar-refractivity contribution in [3.8, 4) is 55.9 Å². The van der Waals surface area contributed by atoms with Gasteiger partial charge in [0.15, 0.2) is 0 Å². The Balaban J connectivity index is 0.856. The van der Waals surface area contributed by atoms with E-state index in [1.807, 2.05) is 0 Å². The van der Waals surface area contributed by atoms with Gasteiger partial charge in [0.2, 0.25) is 0 Å². The van der Waals surface area contributed by atoms with E-state index < -0.39 is 5.41 Å². The summed E-state index contributed by atoms with van der Waals surface area (Å²) in [6.07, 6.45) is 0. The van der Waals surface area contributed by atoms with Crippen LogP contribution in [-0.4, -0.2) is 9.13 Å². The lowest BCUT2D eigenvalue weighted by Gasteiger charge is -2.32. The normalized spacial score (nSPS) is 12.8. The maximum Gasteiger partial charge on any atom is 0.0726 e. The summed E-state index contributed by atoms with van der Waals surface area (Å²) in [6.45, 7) is 0. The lowest BCUT2D eigenvalue weighted by atomic mass is 9.70. The van der Waals surface area contributed by atoms with Crippen LogP contribution >= 0.6 is 0 Å². The van der Waals surface area contributed by atoms with Crippen molar-refractivity contribution < 1.29 is 0 Å². The first-order chi connectivity index (χ1) is 37.7. The highest BCUT2D eigenvalue weighted by Gasteiger charge is 2.52. The van der Waals surface area contributed by atoms with Gasteiger partial charge in [-0.2, -0.15) is 0 Å². The molecule has 76 heavy (non-hydrogen) atoms. The molecule has 0 atom stereocenters. The van der Waals surface area contributed by atoms with Gasteiger partial charge in [0, 0.05) is 49.9 Å². The third kappa shape index (κ3) is 5.99. The molecule has 0 radical (unpaired) electrons. The Kier molecular flexibility index (Phi) is 9.25. The molecule has 0 aliphatic heterocycles. The van der Waals surface area contributed by atoms with Crippen molar-refractivity contribution in [3.05, 3.63) is 307 Å². The summed E-state index contributed by atoms with van der Waals surface area (Å²) in [6, 6.07) is 105. The van der Waals surface area contributed by atoms with Gasteiger partial charge in [-0.3, -0.25) is 0 Å². The first-order valence-electron chi connectivity index (χ1n) is 26.3. The number of hydrogen-bond acceptors (Lipinski definition) is 1. The van der Waals surface area contributed by atoms with Crippen LogP contribution in [0.15, 0.2) is 285 Å². The van der Waals surface area contributed by atoms with Crippen LogP contribution in [0.3, 0.4) is 0 Å². The lowest BCUT2D eigenvalue weighted by molar-refractivity contribution is 0.794. The third-order valence-corrected chi connectivity index (χ3v) is 16.6. The molecule has 0 bridgehead atoms. The van der Waals surface area contributed by atoms with Crippen LogP contribution in [0, 0.1) is 0 Å². The number of nitrogens with zero attached hydrogens (tertiary/aromatic N) is 3. The Bertz CT molecular complexity index is 4520. The summed E-state index contributed by atoms with van der Waals surface area (Å²) in [5.74, 6) is 0. The molecule has 0 unspecified atom stereocenters. The number of benzene rings is 12. The van der Waals surface area contributed by atoms with Crippen LogP contribution < -0.4 is 4.90 Å². The van der Waals surface area contributed by atoms with Crippen molar-refractivity contribution in [2.75, 3.05) is 4.90 Å². The average molecular weight is 966 g/mol. The summed E-state index contributed by atoms with van der Waals surface area (Å²) in [7, 11) is 0. The van der Waals surface area contributed by atoms with E-state index in [1.165, 1.54) is 105 Å². The van der Waals surface area contributed by atoms with Gasteiger partial charge in [-0.05, 0) is 140 Å². The first kappa shape index (κ1) is 42.5. The number of fused-ring (bicyclic) bond motifs is 16. The first-order valence-corrected chi connectivity index (χ1v) is 26.3. The number of rotatable bonds is 7. The van der Waals surface area contributed by atoms with E-state index in [2.05, 4.69) is 299 Å². The Labute approximate surface area is 441 Å². The summed E-state index contributed by atoms with van der Waals surface area (Å²) in [4.78, 5) is 2.49. The molecular formula is C73H47N3. The average Bonchev–Trinajstić information content (AvgIpc) is 4.41. The molecule has 1 spiro atoms. The Hall–Kier alpha value is -9.96. The van der Waals surface area contributed by atoms with Crippen LogP contribution in [-0.2, 0) is 5.41 Å². The van der Waals surface area contributed by atoms with Crippen molar-refractivity contribution in [2.45, 2.75) is 5.41 Å². The maximum atomic E-state index is 2.49. The highest BCUT2D eigenvalue weighted by atomic mass is 15.1. The zero-order valence-corrected chi connectivity index (χ0v) is 41.5. The molecule has 0 saturated carbocycles. The Morgan fingerprint density at radius 3 is 1.29 bits per heavy atom. The van der Waals surface area contributed by atoms with Gasteiger partial charge in [0.25, 0.3) is 0 Å². The highest BCUT2D eigenvalue weighted by Crippen LogP contribution is 2.64. The number of para-hydroxylation sites is 4. The molecule has 0 N–H and O–H groups in total. The van der Waals surface area contributed by atoms with Crippen LogP contribution in [0.5, 0.6) is 0 Å². The molecule has 14 aromatic rings. The molecule has 0 amide bonds. The summed E-state index contributed by atoms with van der Waals surface area (Å²) in [5, 5.41) is 5.03. The highest BCUT2D eigenvalue weighted by molar-refractivity contribution is 6.16. The van der Waals surface area contributed by atoms with Crippen LogP contribution in [0.2, 0.25) is 0 Å². The van der Waals surface area contributed by atoms with Gasteiger partial charge in [-0.1, -0.05) is 206 Å². The molecule has 2 heterocycles. The van der Waals surface area contributed by atoms with Gasteiger partial charge in [-0.25, -0.2) is 0 Å². The quantitative estimate of drug-likeness (QED) is 0.155. The fourth-order valence-corrected chi connectivity index (χ4v) is 13.4. The minimum absolute atomic E-state index is 0.461. The van der Waals surface area contributed by atoms with Gasteiger partial charge in [-0.15, -0.1) is 0 Å². The molecule has 354 valence electrons. The van der Waals surface area contributed by atoms with Gasteiger partial charge >= 0.3 is 0 Å². The van der Waals surface area contributed by atoms with E-state index in [4.69, 9.17) is 0 Å². The van der Waals surface area contributed by atoms with E-state index in [0.29, 0.717) is 0 Å². The van der Waals surface area contributed by atoms with Gasteiger partial charge in [0.05, 0.1) is 33.2 Å². The van der Waals surface area contributed by atoms with Crippen molar-refractivity contribution in [1.29, 1.82) is 0 Å². The molecule has 2 aliphatic carbocycles. The third-order valence-electron chi connectivity index (χ3n) is 16.6. The molecule has 2 aliphatic rings. The zero-order valence-electron chi connectivity index (χ0n) is 41.5. The van der Waals surface area contributed by atoms with Crippen molar-refractivity contribution >= 4 is 60.7 Å². The SMILES string of the molecule is c1ccc(-n2c3ccccc3c3c(-c4ccc(N(c5ccc(-c6ccc(-n7c8ccccc8c8ccccc87)cc6)cc5)c5cccc6c5-c5ccccc5C65c6ccccc6-c6ccccc65)cc4)cccc32)cc1. The van der Waals surface area contributed by atoms with E-state index in [0.717, 1.165) is 34.0 Å². The monoisotopic (exact) mass is 965 g/mol. The van der Waals surface area contributed by atoms with Crippen LogP contribution in [0.25, 0.3) is 99.5 Å². The Morgan fingerprint density at radius 1 is 0.263 bits per heavy atom. The molecule has 2 aromatic heterocycles. The molecule has 0 fully saturated rings. The van der Waals surface area contributed by atoms with Crippen molar-refractivity contribution in [1.82, 2.24) is 9.13 Å². The second-order valence-corrected chi connectivity index (χ2v) is 20.3. The fourth-order valence-electron chi connectivity index (χ4n) is 13.4. The van der Waals surface area contributed by atoms with Gasteiger partial charge in [0.1, 0.15) is 0 Å². The second kappa shape index (κ2) is 16.5. The van der Waals surface area contributed by atoms with E-state index in [-0.39, 0.29) is 0 Å². The van der Waals surface area contributed by atoms with Crippen LogP contribution in [0.4, 0.5) is 17.1 Å².